The van der Waals surface area contributed by atoms with E-state index in [1.165, 1.54) is 0 Å². The van der Waals surface area contributed by atoms with E-state index in [0.717, 1.165) is 19.3 Å². The first-order valence-electron chi connectivity index (χ1n) is 9.13. The first-order valence-corrected chi connectivity index (χ1v) is 9.13. The maximum absolute atomic E-state index is 11.3. The van der Waals surface area contributed by atoms with Gasteiger partial charge in [-0.3, -0.25) is 4.79 Å². The number of aliphatic hydroxyl groups is 1. The molecule has 0 fully saturated rings. The molecule has 0 aliphatic heterocycles. The number of rotatable bonds is 11. The molecule has 2 heterocycles. The minimum atomic E-state index is -0.583. The van der Waals surface area contributed by atoms with E-state index in [4.69, 9.17) is 10.5 Å². The first-order chi connectivity index (χ1) is 13.0. The van der Waals surface area contributed by atoms with E-state index in [1.807, 2.05) is 0 Å². The maximum atomic E-state index is 11.3. The van der Waals surface area contributed by atoms with Gasteiger partial charge in [0.2, 0.25) is 0 Å². The Kier molecular flexibility index (Phi) is 7.94. The number of anilines is 1. The van der Waals surface area contributed by atoms with Crippen molar-refractivity contribution in [2.24, 2.45) is 5.73 Å². The van der Waals surface area contributed by atoms with Crippen molar-refractivity contribution in [1.29, 1.82) is 0 Å². The number of hydrogen-bond donors (Lipinski definition) is 3. The minimum Gasteiger partial charge on any atom is -0.482 e. The number of nitrogens with two attached hydrogens (primary N) is 1. The number of aliphatic hydroxyl groups excluding tert-OH is 1. The third-order valence-corrected chi connectivity index (χ3v) is 4.03. The summed E-state index contributed by atoms with van der Waals surface area (Å²) in [6.07, 6.45) is 5.31. The molecule has 8 heteroatoms. The summed E-state index contributed by atoms with van der Waals surface area (Å²) in [6.45, 7) is 4.19. The molecule has 4 N–H and O–H groups in total. The van der Waals surface area contributed by atoms with E-state index in [-0.39, 0.29) is 24.9 Å². The van der Waals surface area contributed by atoms with Crippen LogP contribution in [0, 0.1) is 6.92 Å². The molecule has 2 aromatic rings. The van der Waals surface area contributed by atoms with E-state index in [0.29, 0.717) is 29.5 Å². The smallest absolute Gasteiger partial charge is 0.267 e. The summed E-state index contributed by atoms with van der Waals surface area (Å²) < 4.78 is 5.83. The van der Waals surface area contributed by atoms with Crippen molar-refractivity contribution in [3.63, 3.8) is 0 Å². The second kappa shape index (κ2) is 10.4. The lowest BCUT2D eigenvalue weighted by atomic mass is 10.1. The monoisotopic (exact) mass is 373 g/mol. The number of unbranched alkanes of at least 4 members (excludes halogenated alkanes) is 1. The molecule has 0 radical (unpaired) electrons. The molecule has 0 saturated heterocycles. The molecule has 0 saturated carbocycles. The summed E-state index contributed by atoms with van der Waals surface area (Å²) in [7, 11) is 0. The van der Waals surface area contributed by atoms with Crippen molar-refractivity contribution in [1.82, 2.24) is 15.0 Å². The van der Waals surface area contributed by atoms with E-state index in [1.54, 1.807) is 31.3 Å². The van der Waals surface area contributed by atoms with Gasteiger partial charge in [0, 0.05) is 12.6 Å². The van der Waals surface area contributed by atoms with Crippen LogP contribution in [0.3, 0.4) is 0 Å². The molecular formula is C19H27N5O3. The largest absolute Gasteiger partial charge is 0.482 e. The fourth-order valence-electron chi connectivity index (χ4n) is 2.61. The Hall–Kier alpha value is -2.74. The van der Waals surface area contributed by atoms with Gasteiger partial charge in [0.1, 0.15) is 18.1 Å². The Balaban J connectivity index is 2.12. The van der Waals surface area contributed by atoms with E-state index >= 15 is 0 Å². The number of ether oxygens (including phenoxy) is 1. The topological polar surface area (TPSA) is 123 Å². The summed E-state index contributed by atoms with van der Waals surface area (Å²) >= 11 is 0. The second-order valence-electron chi connectivity index (χ2n) is 6.29. The number of nitrogens with one attached hydrogen (secondary N) is 1. The molecule has 0 aliphatic carbocycles. The molecule has 0 aliphatic rings. The van der Waals surface area contributed by atoms with Crippen molar-refractivity contribution in [3.05, 3.63) is 41.6 Å². The quantitative estimate of drug-likeness (QED) is 0.552. The van der Waals surface area contributed by atoms with Gasteiger partial charge in [-0.15, -0.1) is 0 Å². The number of hydrogen-bond acceptors (Lipinski definition) is 7. The molecule has 146 valence electrons. The molecule has 8 nitrogen and oxygen atoms in total. The Morgan fingerprint density at radius 3 is 2.85 bits per heavy atom. The number of carbonyl (C=O) groups excluding carboxylic acids is 1. The van der Waals surface area contributed by atoms with Crippen LogP contribution in [-0.4, -0.2) is 38.6 Å². The van der Waals surface area contributed by atoms with Gasteiger partial charge < -0.3 is 20.9 Å². The molecule has 1 atom stereocenters. The van der Waals surface area contributed by atoms with Gasteiger partial charge >= 0.3 is 0 Å². The van der Waals surface area contributed by atoms with Crippen LogP contribution in [0.25, 0.3) is 0 Å². The van der Waals surface area contributed by atoms with Crippen LogP contribution in [0.1, 0.15) is 54.6 Å². The van der Waals surface area contributed by atoms with Gasteiger partial charge in [-0.25, -0.2) is 15.0 Å². The van der Waals surface area contributed by atoms with Crippen molar-refractivity contribution in [2.45, 2.75) is 52.2 Å². The zero-order valence-corrected chi connectivity index (χ0v) is 15.8. The second-order valence-corrected chi connectivity index (χ2v) is 6.29. The number of aryl methyl sites for hydroxylation is 1. The predicted octanol–water partition coefficient (Wildman–Crippen LogP) is 2.21. The van der Waals surface area contributed by atoms with Crippen molar-refractivity contribution < 1.29 is 14.6 Å². The SMILES string of the molecule is CCCC[C@@H](CCO)Nc1nc(C)ncc1OCc1cccc(C(N)=O)n1. The fourth-order valence-corrected chi connectivity index (χ4v) is 2.61. The number of carbonyl (C=O) groups is 1. The molecule has 0 bridgehead atoms. The average Bonchev–Trinajstić information content (AvgIpc) is 2.66. The number of aromatic nitrogens is 3. The predicted molar refractivity (Wildman–Crippen MR) is 102 cm³/mol. The molecule has 0 aromatic carbocycles. The maximum Gasteiger partial charge on any atom is 0.267 e. The third kappa shape index (κ3) is 6.49. The van der Waals surface area contributed by atoms with E-state index in [2.05, 4.69) is 27.2 Å². The molecule has 2 aromatic heterocycles. The molecule has 27 heavy (non-hydrogen) atoms. The highest BCUT2D eigenvalue weighted by Gasteiger charge is 2.14. The number of nitrogens with zero attached hydrogens (tertiary/aromatic N) is 3. The van der Waals surface area contributed by atoms with Crippen LogP contribution in [0.15, 0.2) is 24.4 Å². The van der Waals surface area contributed by atoms with Gasteiger partial charge in [0.05, 0.1) is 11.9 Å². The fraction of sp³-hybridized carbons (Fsp3) is 0.474. The number of pyridine rings is 1. The highest BCUT2D eigenvalue weighted by atomic mass is 16.5. The van der Waals surface area contributed by atoms with Crippen LogP contribution in [0.2, 0.25) is 0 Å². The molecule has 0 unspecified atom stereocenters. The Labute approximate surface area is 159 Å². The van der Waals surface area contributed by atoms with Crippen LogP contribution in [-0.2, 0) is 6.61 Å². The molecule has 2 rings (SSSR count). The lowest BCUT2D eigenvalue weighted by Crippen LogP contribution is -2.22. The Morgan fingerprint density at radius 2 is 2.15 bits per heavy atom. The lowest BCUT2D eigenvalue weighted by molar-refractivity contribution is 0.0995. The Morgan fingerprint density at radius 1 is 1.33 bits per heavy atom. The van der Waals surface area contributed by atoms with Gasteiger partial charge in [-0.1, -0.05) is 25.8 Å². The Bertz CT molecular complexity index is 754. The standard InChI is InChI=1S/C19H27N5O3/c1-3-4-6-14(9-10-25)24-19-17(11-21-13(2)22-19)27-12-15-7-5-8-16(23-15)18(20)26/h5,7-8,11,14,25H,3-4,6,9-10,12H2,1-2H3,(H2,20,26)(H,21,22,24)/t14-/m0/s1. The van der Waals surface area contributed by atoms with Crippen LogP contribution in [0.4, 0.5) is 5.82 Å². The highest BCUT2D eigenvalue weighted by Crippen LogP contribution is 2.24. The molecule has 0 spiro atoms. The zero-order valence-electron chi connectivity index (χ0n) is 15.8. The summed E-state index contributed by atoms with van der Waals surface area (Å²) in [4.78, 5) is 24.1. The van der Waals surface area contributed by atoms with E-state index in [9.17, 15) is 9.90 Å². The van der Waals surface area contributed by atoms with Crippen LogP contribution < -0.4 is 15.8 Å². The van der Waals surface area contributed by atoms with Gasteiger partial charge in [0.25, 0.3) is 5.91 Å². The van der Waals surface area contributed by atoms with Crippen LogP contribution in [0.5, 0.6) is 5.75 Å². The number of amides is 1. The van der Waals surface area contributed by atoms with Crippen molar-refractivity contribution >= 4 is 11.7 Å². The molecular weight excluding hydrogens is 346 g/mol. The average molecular weight is 373 g/mol. The van der Waals surface area contributed by atoms with Gasteiger partial charge in [-0.05, 0) is 31.9 Å². The zero-order chi connectivity index (χ0) is 19.6. The lowest BCUT2D eigenvalue weighted by Gasteiger charge is -2.20. The first kappa shape index (κ1) is 20.6. The summed E-state index contributed by atoms with van der Waals surface area (Å²) in [5.74, 6) is 1.12. The highest BCUT2D eigenvalue weighted by molar-refractivity contribution is 5.90. The number of primary amides is 1. The van der Waals surface area contributed by atoms with Crippen LogP contribution >= 0.6 is 0 Å². The molecule has 1 amide bonds. The normalized spacial score (nSPS) is 11.8. The van der Waals surface area contributed by atoms with Crippen molar-refractivity contribution in [2.75, 3.05) is 11.9 Å². The van der Waals surface area contributed by atoms with Gasteiger partial charge in [0.15, 0.2) is 11.6 Å². The van der Waals surface area contributed by atoms with Gasteiger partial charge in [-0.2, -0.15) is 0 Å². The van der Waals surface area contributed by atoms with Crippen molar-refractivity contribution in [3.8, 4) is 5.75 Å². The summed E-state index contributed by atoms with van der Waals surface area (Å²) in [5.41, 5.74) is 6.03. The summed E-state index contributed by atoms with van der Waals surface area (Å²) in [5, 5.41) is 12.7. The summed E-state index contributed by atoms with van der Waals surface area (Å²) in [6, 6.07) is 5.12. The minimum absolute atomic E-state index is 0.0999. The third-order valence-electron chi connectivity index (χ3n) is 4.03. The van der Waals surface area contributed by atoms with E-state index < -0.39 is 5.91 Å².